The van der Waals surface area contributed by atoms with Gasteiger partial charge in [0.1, 0.15) is 0 Å². The number of carbonyl (C=O) groups is 2. The molecule has 0 aliphatic heterocycles. The molecule has 0 aliphatic carbocycles. The minimum atomic E-state index is -5.50. The van der Waals surface area contributed by atoms with E-state index < -0.39 is 32.1 Å². The van der Waals surface area contributed by atoms with Crippen molar-refractivity contribution in [1.82, 2.24) is 9.59 Å². The first kappa shape index (κ1) is 19.8. The summed E-state index contributed by atoms with van der Waals surface area (Å²) < 4.78 is 68.3. The number of carbonyl (C=O) groups excluding carboxylic acids is 2. The van der Waals surface area contributed by atoms with Crippen molar-refractivity contribution in [3.8, 4) is 0 Å². The van der Waals surface area contributed by atoms with Crippen LogP contribution in [0, 0.1) is 0 Å². The van der Waals surface area contributed by atoms with Gasteiger partial charge in [-0.25, -0.2) is 13.2 Å². The first-order valence-corrected chi connectivity index (χ1v) is 9.05. The molecule has 0 bridgehead atoms. The van der Waals surface area contributed by atoms with Crippen LogP contribution in [0.3, 0.4) is 0 Å². The molecule has 1 aromatic heterocycles. The minimum Gasteiger partial charge on any atom is -0.461 e. The van der Waals surface area contributed by atoms with Crippen molar-refractivity contribution in [1.29, 1.82) is 0 Å². The van der Waals surface area contributed by atoms with Crippen LogP contribution >= 0.6 is 11.5 Å². The van der Waals surface area contributed by atoms with E-state index in [1.165, 1.54) is 0 Å². The van der Waals surface area contributed by atoms with Gasteiger partial charge in [0.2, 0.25) is 5.69 Å². The topological polar surface area (TPSA) is 115 Å². The number of rotatable bonds is 5. The molecule has 140 valence electrons. The molecule has 0 fully saturated rings. The molecule has 8 nitrogen and oxygen atoms in total. The van der Waals surface area contributed by atoms with E-state index in [4.69, 9.17) is 4.74 Å². The van der Waals surface area contributed by atoms with Gasteiger partial charge in [0.05, 0.1) is 11.5 Å². The number of nitrogens with one attached hydrogen (secondary N) is 1. The van der Waals surface area contributed by atoms with Crippen molar-refractivity contribution in [2.24, 2.45) is 0 Å². The van der Waals surface area contributed by atoms with Crippen molar-refractivity contribution < 1.29 is 35.9 Å². The highest BCUT2D eigenvalue weighted by Crippen LogP contribution is 2.30. The lowest BCUT2D eigenvalue weighted by Crippen LogP contribution is -2.23. The van der Waals surface area contributed by atoms with Crippen molar-refractivity contribution in [3.05, 3.63) is 35.5 Å². The van der Waals surface area contributed by atoms with Gasteiger partial charge < -0.3 is 10.1 Å². The average molecular weight is 409 g/mol. The Bertz CT molecular complexity index is 923. The van der Waals surface area contributed by atoms with Gasteiger partial charge in [0, 0.05) is 17.1 Å². The van der Waals surface area contributed by atoms with Crippen LogP contribution in [0.4, 0.5) is 18.2 Å². The maximum atomic E-state index is 12.5. The number of anilines is 1. The molecular formula is C13H10F3N3O5S2. The first-order chi connectivity index (χ1) is 12.1. The third-order valence-corrected chi connectivity index (χ3v) is 5.06. The number of hydrogen-bond acceptors (Lipinski definition) is 8. The SMILES string of the molecule is CCOC(=O)c1nnsc1NC(=O)c1ccc(S(=O)(=O)C(F)(F)F)cc1. The monoisotopic (exact) mass is 409 g/mol. The summed E-state index contributed by atoms with van der Waals surface area (Å²) in [4.78, 5) is 22.8. The minimum absolute atomic E-state index is 0.0135. The van der Waals surface area contributed by atoms with E-state index in [1.807, 2.05) is 0 Å². The van der Waals surface area contributed by atoms with Crippen molar-refractivity contribution in [2.45, 2.75) is 17.3 Å². The second-order valence-electron chi connectivity index (χ2n) is 4.60. The zero-order chi connectivity index (χ0) is 19.5. The molecule has 2 rings (SSSR count). The largest absolute Gasteiger partial charge is 0.501 e. The van der Waals surface area contributed by atoms with E-state index in [2.05, 4.69) is 14.9 Å². The fraction of sp³-hybridized carbons (Fsp3) is 0.231. The summed E-state index contributed by atoms with van der Waals surface area (Å²) in [5.74, 6) is -1.60. The van der Waals surface area contributed by atoms with Crippen molar-refractivity contribution in [3.63, 3.8) is 0 Å². The summed E-state index contributed by atoms with van der Waals surface area (Å²) in [5, 5.41) is 5.83. The summed E-state index contributed by atoms with van der Waals surface area (Å²) in [5.41, 5.74) is -5.80. The lowest BCUT2D eigenvalue weighted by Gasteiger charge is -2.09. The van der Waals surface area contributed by atoms with Gasteiger partial charge in [-0.3, -0.25) is 4.79 Å². The molecule has 2 aromatic rings. The zero-order valence-corrected chi connectivity index (χ0v) is 14.5. The Morgan fingerprint density at radius 3 is 2.38 bits per heavy atom. The van der Waals surface area contributed by atoms with Gasteiger partial charge >= 0.3 is 11.5 Å². The van der Waals surface area contributed by atoms with Crippen LogP contribution in [-0.4, -0.2) is 42.0 Å². The molecule has 1 heterocycles. The van der Waals surface area contributed by atoms with Crippen LogP contribution in [0.15, 0.2) is 29.2 Å². The highest BCUT2D eigenvalue weighted by molar-refractivity contribution is 7.92. The molecule has 1 aromatic carbocycles. The van der Waals surface area contributed by atoms with Crippen LogP contribution < -0.4 is 5.32 Å². The molecule has 13 heteroatoms. The number of hydrogen-bond donors (Lipinski definition) is 1. The van der Waals surface area contributed by atoms with Crippen LogP contribution in [-0.2, 0) is 14.6 Å². The fourth-order valence-electron chi connectivity index (χ4n) is 1.70. The van der Waals surface area contributed by atoms with Gasteiger partial charge in [0.25, 0.3) is 15.7 Å². The Kier molecular flexibility index (Phi) is 5.61. The number of amides is 1. The molecule has 0 atom stereocenters. The molecule has 0 saturated carbocycles. The van der Waals surface area contributed by atoms with Gasteiger partial charge in [-0.05, 0) is 31.2 Å². The molecule has 0 spiro atoms. The quantitative estimate of drug-likeness (QED) is 0.753. The number of alkyl halides is 3. The normalized spacial score (nSPS) is 11.8. The first-order valence-electron chi connectivity index (χ1n) is 6.80. The molecule has 0 radical (unpaired) electrons. The van der Waals surface area contributed by atoms with Crippen LogP contribution in [0.5, 0.6) is 0 Å². The number of benzene rings is 1. The zero-order valence-electron chi connectivity index (χ0n) is 12.9. The van der Waals surface area contributed by atoms with Crippen LogP contribution in [0.25, 0.3) is 0 Å². The van der Waals surface area contributed by atoms with E-state index in [9.17, 15) is 31.2 Å². The second kappa shape index (κ2) is 7.37. The van der Waals surface area contributed by atoms with Crippen LogP contribution in [0.1, 0.15) is 27.8 Å². The van der Waals surface area contributed by atoms with E-state index in [-0.39, 0.29) is 22.9 Å². The third-order valence-electron chi connectivity index (χ3n) is 2.92. The predicted molar refractivity (Wildman–Crippen MR) is 83.5 cm³/mol. The smallest absolute Gasteiger partial charge is 0.461 e. The highest BCUT2D eigenvalue weighted by Gasteiger charge is 2.46. The van der Waals surface area contributed by atoms with E-state index >= 15 is 0 Å². The lowest BCUT2D eigenvalue weighted by molar-refractivity contribution is -0.0436. The summed E-state index contributed by atoms with van der Waals surface area (Å²) in [6, 6.07) is 3.14. The van der Waals surface area contributed by atoms with E-state index in [1.54, 1.807) is 6.92 Å². The Hall–Kier alpha value is -2.54. The summed E-state index contributed by atoms with van der Waals surface area (Å²) >= 11 is 0.699. The molecule has 1 amide bonds. The number of esters is 1. The number of ether oxygens (including phenoxy) is 1. The molecule has 1 N–H and O–H groups in total. The fourth-order valence-corrected chi connectivity index (χ4v) is 3.01. The predicted octanol–water partition coefficient (Wildman–Crippen LogP) is 2.26. The van der Waals surface area contributed by atoms with Gasteiger partial charge in [-0.2, -0.15) is 13.2 Å². The van der Waals surface area contributed by atoms with E-state index in [0.29, 0.717) is 23.7 Å². The van der Waals surface area contributed by atoms with Crippen LogP contribution in [0.2, 0.25) is 0 Å². The molecule has 26 heavy (non-hydrogen) atoms. The van der Waals surface area contributed by atoms with E-state index in [0.717, 1.165) is 12.1 Å². The third kappa shape index (κ3) is 3.99. The Labute approximate surface area is 149 Å². The molecule has 0 aliphatic rings. The Balaban J connectivity index is 2.20. The number of sulfone groups is 1. The molecule has 0 unspecified atom stereocenters. The molecular weight excluding hydrogens is 399 g/mol. The van der Waals surface area contributed by atoms with Gasteiger partial charge in [-0.1, -0.05) is 4.49 Å². The van der Waals surface area contributed by atoms with Gasteiger partial charge in [0.15, 0.2) is 5.00 Å². The maximum absolute atomic E-state index is 12.5. The Morgan fingerprint density at radius 2 is 1.85 bits per heavy atom. The maximum Gasteiger partial charge on any atom is 0.501 e. The lowest BCUT2D eigenvalue weighted by atomic mass is 10.2. The van der Waals surface area contributed by atoms with Gasteiger partial charge in [-0.15, -0.1) is 5.10 Å². The number of aromatic nitrogens is 2. The number of halogens is 3. The second-order valence-corrected chi connectivity index (χ2v) is 7.29. The molecule has 0 saturated heterocycles. The van der Waals surface area contributed by atoms with Crippen molar-refractivity contribution in [2.75, 3.05) is 11.9 Å². The summed E-state index contributed by atoms with van der Waals surface area (Å²) in [6.45, 7) is 1.66. The summed E-state index contributed by atoms with van der Waals surface area (Å²) in [6.07, 6.45) is 0. The summed E-state index contributed by atoms with van der Waals surface area (Å²) in [7, 11) is -5.50. The van der Waals surface area contributed by atoms with Crippen molar-refractivity contribution >= 4 is 38.2 Å². The highest BCUT2D eigenvalue weighted by atomic mass is 32.2. The Morgan fingerprint density at radius 1 is 1.23 bits per heavy atom. The standard InChI is InChI=1S/C13H10F3N3O5S2/c1-2-24-12(21)9-11(25-19-18-9)17-10(20)7-3-5-8(6-4-7)26(22,23)13(14,15)16/h3-6H,2H2,1H3,(H,17,20). The number of nitrogens with zero attached hydrogens (tertiary/aromatic N) is 2. The average Bonchev–Trinajstić information content (AvgIpc) is 3.02.